The molecule has 2 aromatic rings. The van der Waals surface area contributed by atoms with Gasteiger partial charge in [-0.25, -0.2) is 0 Å². The second-order valence-corrected chi connectivity index (χ2v) is 29.8. The first-order valence-corrected chi connectivity index (χ1v) is 26.9. The highest BCUT2D eigenvalue weighted by Crippen LogP contribution is 2.41. The Bertz CT molecular complexity index is 1200. The van der Waals surface area contributed by atoms with Crippen molar-refractivity contribution in [2.45, 2.75) is 191 Å². The molecule has 2 aromatic carbocycles. The predicted octanol–water partition coefficient (Wildman–Crippen LogP) is 12.4. The third kappa shape index (κ3) is 9.53. The van der Waals surface area contributed by atoms with Crippen LogP contribution in [0.3, 0.4) is 0 Å². The Balaban J connectivity index is 1.98. The summed E-state index contributed by atoms with van der Waals surface area (Å²) in [5.74, 6) is 2.96. The minimum atomic E-state index is -1.76. The Morgan fingerprint density at radius 3 is 1.12 bits per heavy atom. The van der Waals surface area contributed by atoms with Crippen LogP contribution in [0.5, 0.6) is 11.5 Å². The van der Waals surface area contributed by atoms with Gasteiger partial charge in [-0.15, -0.1) is 0 Å². The molecule has 0 unspecified atom stereocenters. The summed E-state index contributed by atoms with van der Waals surface area (Å²) in [6.07, 6.45) is 7.72. The van der Waals surface area contributed by atoms with Gasteiger partial charge in [-0.3, -0.25) is 0 Å². The molecule has 0 bridgehead atoms. The van der Waals surface area contributed by atoms with E-state index in [9.17, 15) is 10.2 Å². The number of rotatable bonds is 14. The molecule has 0 saturated heterocycles. The Kier molecular flexibility index (Phi) is 15.2. The molecule has 0 aliphatic heterocycles. The molecule has 1 aliphatic rings. The normalized spacial score (nSPS) is 18.5. The molecule has 6 heteroatoms. The van der Waals surface area contributed by atoms with Gasteiger partial charge in [0.2, 0.25) is 0 Å². The average Bonchev–Trinajstić information content (AvgIpc) is 3.03. The first kappa shape index (κ1) is 41.6. The molecule has 2 N–H and O–H groups in total. The summed E-state index contributed by atoms with van der Waals surface area (Å²) in [6.45, 7) is 28.0. The molecule has 0 amide bonds. The molecular weight excluding hydrogens is 657 g/mol. The Labute approximate surface area is 307 Å². The Morgan fingerprint density at radius 1 is 0.542 bits per heavy atom. The molecule has 272 valence electrons. The lowest BCUT2D eigenvalue weighted by Crippen LogP contribution is -2.46. The van der Waals surface area contributed by atoms with Gasteiger partial charge in [-0.2, -0.15) is 23.5 Å². The molecule has 0 spiro atoms. The van der Waals surface area contributed by atoms with Crippen molar-refractivity contribution in [1.82, 2.24) is 0 Å². The van der Waals surface area contributed by atoms with E-state index in [-0.39, 0.29) is 10.8 Å². The smallest absolute Gasteiger partial charge is 0.118 e. The lowest BCUT2D eigenvalue weighted by atomic mass is 9.86. The largest absolute Gasteiger partial charge is 0.508 e. The summed E-state index contributed by atoms with van der Waals surface area (Å²) in [5.41, 5.74) is 5.15. The Hall–Kier alpha value is -0.826. The quantitative estimate of drug-likeness (QED) is 0.190. The van der Waals surface area contributed by atoms with Crippen molar-refractivity contribution in [1.29, 1.82) is 0 Å². The average molecular weight is 729 g/mol. The number of thioether (sulfide) groups is 2. The number of hydrogen-bond donors (Lipinski definition) is 2. The van der Waals surface area contributed by atoms with Crippen LogP contribution in [0.4, 0.5) is 0 Å². The van der Waals surface area contributed by atoms with Crippen molar-refractivity contribution in [3.63, 3.8) is 0 Å². The standard InChI is InChI=1S/C42H72O2S2Si2/c1-13-47(14-2,15-3)37-27-33(41(7,8)9)25-31(39(37)43)29-45-35-23-21-19-20-22-24-36(35)46-30-32-26-34(42(10,11)12)28-38(40(32)44)48(16-4,17-5)18-6/h25-28,35-36,43-44H,13-24,29-30H2,1-12H3/t35-,36-/m0/s1. The summed E-state index contributed by atoms with van der Waals surface area (Å²) in [6, 6.07) is 16.5. The number of phenols is 2. The summed E-state index contributed by atoms with van der Waals surface area (Å²) >= 11 is 4.20. The molecule has 0 radical (unpaired) electrons. The first-order valence-electron chi connectivity index (χ1n) is 19.5. The Morgan fingerprint density at radius 2 is 0.854 bits per heavy atom. The minimum Gasteiger partial charge on any atom is -0.508 e. The van der Waals surface area contributed by atoms with Gasteiger partial charge in [0, 0.05) is 33.1 Å². The van der Waals surface area contributed by atoms with Crippen molar-refractivity contribution < 1.29 is 10.2 Å². The monoisotopic (exact) mass is 728 g/mol. The zero-order valence-electron chi connectivity index (χ0n) is 33.1. The highest BCUT2D eigenvalue weighted by Gasteiger charge is 2.36. The number of aromatic hydroxyl groups is 2. The SMILES string of the molecule is CC[Si](CC)(CC)c1cc(C(C)(C)C)cc(CS[C@H]2CCCCCC[C@@H]2SCc2cc(C(C)(C)C)cc([Si](CC)(CC)CC)c2O)c1O. The zero-order valence-corrected chi connectivity index (χ0v) is 36.7. The molecule has 3 rings (SSSR count). The van der Waals surface area contributed by atoms with E-state index in [2.05, 4.69) is 131 Å². The molecule has 1 aliphatic carbocycles. The van der Waals surface area contributed by atoms with Crippen LogP contribution in [-0.4, -0.2) is 36.9 Å². The fourth-order valence-corrected chi connectivity index (χ4v) is 18.7. The molecule has 1 saturated carbocycles. The third-order valence-electron chi connectivity index (χ3n) is 12.4. The van der Waals surface area contributed by atoms with E-state index in [1.807, 2.05) is 0 Å². The van der Waals surface area contributed by atoms with Crippen LogP contribution in [0.1, 0.15) is 144 Å². The van der Waals surface area contributed by atoms with Crippen molar-refractivity contribution in [3.8, 4) is 11.5 Å². The predicted molar refractivity (Wildman–Crippen MR) is 225 cm³/mol. The van der Waals surface area contributed by atoms with E-state index >= 15 is 0 Å². The lowest BCUT2D eigenvalue weighted by Gasteiger charge is -2.34. The highest BCUT2D eigenvalue weighted by atomic mass is 32.2. The van der Waals surface area contributed by atoms with Crippen molar-refractivity contribution in [2.75, 3.05) is 0 Å². The molecule has 1 fully saturated rings. The third-order valence-corrected chi connectivity index (χ3v) is 26.6. The summed E-state index contributed by atoms with van der Waals surface area (Å²) < 4.78 is 0. The topological polar surface area (TPSA) is 40.5 Å². The van der Waals surface area contributed by atoms with Crippen molar-refractivity contribution >= 4 is 50.0 Å². The molecule has 2 atom stereocenters. The van der Waals surface area contributed by atoms with Crippen LogP contribution in [0.2, 0.25) is 36.3 Å². The van der Waals surface area contributed by atoms with Gasteiger partial charge >= 0.3 is 0 Å². The molecule has 48 heavy (non-hydrogen) atoms. The number of benzene rings is 2. The number of hydrogen-bond acceptors (Lipinski definition) is 4. The van der Waals surface area contributed by atoms with E-state index in [0.717, 1.165) is 22.6 Å². The fraction of sp³-hybridized carbons (Fsp3) is 0.714. The van der Waals surface area contributed by atoms with Crippen molar-refractivity contribution in [3.05, 3.63) is 46.5 Å². The molecular formula is C42H72O2S2Si2. The maximum atomic E-state index is 11.9. The van der Waals surface area contributed by atoms with E-state index in [4.69, 9.17) is 0 Å². The van der Waals surface area contributed by atoms with Crippen LogP contribution < -0.4 is 10.4 Å². The van der Waals surface area contributed by atoms with E-state index < -0.39 is 16.1 Å². The highest BCUT2D eigenvalue weighted by molar-refractivity contribution is 8.03. The van der Waals surface area contributed by atoms with E-state index in [0.29, 0.717) is 22.0 Å². The van der Waals surface area contributed by atoms with Crippen LogP contribution in [0, 0.1) is 0 Å². The van der Waals surface area contributed by atoms with Crippen LogP contribution in [0.15, 0.2) is 24.3 Å². The van der Waals surface area contributed by atoms with Gasteiger partial charge < -0.3 is 10.2 Å². The van der Waals surface area contributed by atoms with Crippen LogP contribution in [0.25, 0.3) is 0 Å². The van der Waals surface area contributed by atoms with Crippen LogP contribution >= 0.6 is 23.5 Å². The van der Waals surface area contributed by atoms with Gasteiger partial charge in [0.1, 0.15) is 11.5 Å². The van der Waals surface area contributed by atoms with Crippen molar-refractivity contribution in [2.24, 2.45) is 0 Å². The zero-order chi connectivity index (χ0) is 35.9. The van der Waals surface area contributed by atoms with Gasteiger partial charge in [-0.05, 0) is 45.2 Å². The maximum absolute atomic E-state index is 11.9. The molecule has 2 nitrogen and oxygen atoms in total. The first-order chi connectivity index (χ1) is 22.6. The van der Waals surface area contributed by atoms with E-state index in [1.165, 1.54) is 96.3 Å². The lowest BCUT2D eigenvalue weighted by molar-refractivity contribution is 0.472. The number of phenolic OH excluding ortho intramolecular Hbond substituents is 2. The minimum absolute atomic E-state index is 0.0477. The summed E-state index contributed by atoms with van der Waals surface area (Å²) in [4.78, 5) is 0. The second kappa shape index (κ2) is 17.6. The fourth-order valence-electron chi connectivity index (χ4n) is 8.12. The summed E-state index contributed by atoms with van der Waals surface area (Å²) in [5, 5.41) is 27.5. The van der Waals surface area contributed by atoms with E-state index in [1.54, 1.807) is 0 Å². The van der Waals surface area contributed by atoms with Crippen LogP contribution in [-0.2, 0) is 22.3 Å². The maximum Gasteiger partial charge on any atom is 0.118 e. The van der Waals surface area contributed by atoms with Gasteiger partial charge in [-0.1, -0.05) is 169 Å². The van der Waals surface area contributed by atoms with Gasteiger partial charge in [0.25, 0.3) is 0 Å². The molecule has 0 heterocycles. The van der Waals surface area contributed by atoms with Gasteiger partial charge in [0.05, 0.1) is 16.1 Å². The van der Waals surface area contributed by atoms with Gasteiger partial charge in [0.15, 0.2) is 0 Å². The second-order valence-electron chi connectivity index (χ2n) is 16.9. The summed E-state index contributed by atoms with van der Waals surface area (Å²) in [7, 11) is -3.52. The molecule has 0 aromatic heterocycles.